The maximum Gasteiger partial charge on any atom is 0.0468 e. The monoisotopic (exact) mass is 307 g/mol. The minimum absolute atomic E-state index is 0.198. The topological polar surface area (TPSA) is 26.0 Å². The molecule has 0 aliphatic carbocycles. The van der Waals surface area contributed by atoms with Gasteiger partial charge in [0.25, 0.3) is 0 Å². The van der Waals surface area contributed by atoms with Crippen molar-refractivity contribution < 1.29 is 0 Å². The highest BCUT2D eigenvalue weighted by atomic mass is 35.5. The lowest BCUT2D eigenvalue weighted by molar-refractivity contribution is 0.715. The summed E-state index contributed by atoms with van der Waals surface area (Å²) in [5, 5.41) is 1.26. The van der Waals surface area contributed by atoms with Gasteiger partial charge in [-0.2, -0.15) is 0 Å². The van der Waals surface area contributed by atoms with Gasteiger partial charge < -0.3 is 5.73 Å². The molecule has 0 aliphatic heterocycles. The lowest BCUT2D eigenvalue weighted by atomic mass is 9.92. The normalized spacial score (nSPS) is 12.5. The van der Waals surface area contributed by atoms with Crippen molar-refractivity contribution in [2.24, 2.45) is 5.73 Å². The quantitative estimate of drug-likeness (QED) is 0.832. The van der Waals surface area contributed by atoms with Gasteiger partial charge in [-0.25, -0.2) is 0 Å². The zero-order valence-corrected chi connectivity index (χ0v) is 13.5. The summed E-state index contributed by atoms with van der Waals surface area (Å²) in [6, 6.07) is 9.67. The van der Waals surface area contributed by atoms with E-state index in [4.69, 9.17) is 28.9 Å². The van der Waals surface area contributed by atoms with E-state index >= 15 is 0 Å². The number of benzene rings is 2. The van der Waals surface area contributed by atoms with Crippen LogP contribution in [0, 0.1) is 20.8 Å². The Kier molecular flexibility index (Phi) is 4.74. The first-order chi connectivity index (χ1) is 9.40. The summed E-state index contributed by atoms with van der Waals surface area (Å²) in [5.74, 6) is 0. The minimum Gasteiger partial charge on any atom is -0.324 e. The lowest BCUT2D eigenvalue weighted by Crippen LogP contribution is -2.16. The zero-order chi connectivity index (χ0) is 14.9. The van der Waals surface area contributed by atoms with E-state index < -0.39 is 0 Å². The van der Waals surface area contributed by atoms with Crippen LogP contribution >= 0.6 is 23.2 Å². The summed E-state index contributed by atoms with van der Waals surface area (Å²) >= 11 is 12.5. The Morgan fingerprint density at radius 2 is 1.50 bits per heavy atom. The van der Waals surface area contributed by atoms with Crippen molar-refractivity contribution in [3.05, 3.63) is 68.2 Å². The molecule has 3 heteroatoms. The SMILES string of the molecule is Cc1cc(C)c(CC(N)c2c(Cl)cccc2Cl)c(C)c1. The Labute approximate surface area is 130 Å². The van der Waals surface area contributed by atoms with E-state index in [9.17, 15) is 0 Å². The van der Waals surface area contributed by atoms with Gasteiger partial charge in [-0.3, -0.25) is 0 Å². The van der Waals surface area contributed by atoms with E-state index in [0.29, 0.717) is 10.0 Å². The van der Waals surface area contributed by atoms with Crippen LogP contribution < -0.4 is 5.73 Å². The molecule has 2 aromatic carbocycles. The molecule has 0 saturated heterocycles. The van der Waals surface area contributed by atoms with Gasteiger partial charge in [-0.05, 0) is 56.0 Å². The molecule has 0 spiro atoms. The smallest absolute Gasteiger partial charge is 0.0468 e. The first kappa shape index (κ1) is 15.4. The fourth-order valence-corrected chi connectivity index (χ4v) is 3.40. The Morgan fingerprint density at radius 3 is 2.00 bits per heavy atom. The van der Waals surface area contributed by atoms with Crippen LogP contribution in [0.5, 0.6) is 0 Å². The Balaban J connectivity index is 2.35. The molecule has 106 valence electrons. The number of rotatable bonds is 3. The second-order valence-corrected chi connectivity index (χ2v) is 6.14. The van der Waals surface area contributed by atoms with Gasteiger partial charge in [0, 0.05) is 21.7 Å². The van der Waals surface area contributed by atoms with Crippen LogP contribution in [-0.4, -0.2) is 0 Å². The number of aryl methyl sites for hydroxylation is 3. The largest absolute Gasteiger partial charge is 0.324 e. The minimum atomic E-state index is -0.198. The summed E-state index contributed by atoms with van der Waals surface area (Å²) in [6.07, 6.45) is 0.738. The van der Waals surface area contributed by atoms with Crippen molar-refractivity contribution in [1.29, 1.82) is 0 Å². The fraction of sp³-hybridized carbons (Fsp3) is 0.294. The molecule has 1 unspecified atom stereocenters. The van der Waals surface area contributed by atoms with E-state index in [1.54, 1.807) is 0 Å². The summed E-state index contributed by atoms with van der Waals surface area (Å²) in [5.41, 5.74) is 12.2. The highest BCUT2D eigenvalue weighted by Gasteiger charge is 2.16. The highest BCUT2D eigenvalue weighted by molar-refractivity contribution is 6.36. The second-order valence-electron chi connectivity index (χ2n) is 5.32. The molecule has 2 rings (SSSR count). The molecule has 20 heavy (non-hydrogen) atoms. The summed E-state index contributed by atoms with van der Waals surface area (Å²) in [4.78, 5) is 0. The molecule has 0 fully saturated rings. The third kappa shape index (κ3) is 3.17. The van der Waals surface area contributed by atoms with Crippen molar-refractivity contribution >= 4 is 23.2 Å². The van der Waals surface area contributed by atoms with E-state index in [2.05, 4.69) is 32.9 Å². The number of hydrogen-bond acceptors (Lipinski definition) is 1. The molecular weight excluding hydrogens is 289 g/mol. The number of hydrogen-bond donors (Lipinski definition) is 1. The van der Waals surface area contributed by atoms with E-state index in [1.165, 1.54) is 22.3 Å². The fourth-order valence-electron chi connectivity index (χ4n) is 2.72. The first-order valence-electron chi connectivity index (χ1n) is 6.66. The standard InChI is InChI=1S/C17H19Cl2N/c1-10-7-11(2)13(12(3)8-10)9-16(20)17-14(18)5-4-6-15(17)19/h4-8,16H,9,20H2,1-3H3. The van der Waals surface area contributed by atoms with Crippen molar-refractivity contribution in [3.8, 4) is 0 Å². The van der Waals surface area contributed by atoms with Crippen LogP contribution in [0.15, 0.2) is 30.3 Å². The van der Waals surface area contributed by atoms with Crippen molar-refractivity contribution in [2.45, 2.75) is 33.2 Å². The molecular formula is C17H19Cl2N. The van der Waals surface area contributed by atoms with Gasteiger partial charge in [0.05, 0.1) is 0 Å². The van der Waals surface area contributed by atoms with E-state index in [0.717, 1.165) is 12.0 Å². The van der Waals surface area contributed by atoms with Gasteiger partial charge in [-0.1, -0.05) is 47.0 Å². The Morgan fingerprint density at radius 1 is 1.00 bits per heavy atom. The molecule has 1 atom stereocenters. The number of nitrogens with two attached hydrogens (primary N) is 1. The van der Waals surface area contributed by atoms with Gasteiger partial charge in [0.15, 0.2) is 0 Å². The van der Waals surface area contributed by atoms with Gasteiger partial charge >= 0.3 is 0 Å². The molecule has 0 aromatic heterocycles. The summed E-state index contributed by atoms with van der Waals surface area (Å²) < 4.78 is 0. The molecule has 0 aliphatic rings. The van der Waals surface area contributed by atoms with E-state index in [-0.39, 0.29) is 6.04 Å². The first-order valence-corrected chi connectivity index (χ1v) is 7.42. The second kappa shape index (κ2) is 6.17. The van der Waals surface area contributed by atoms with Gasteiger partial charge in [0.1, 0.15) is 0 Å². The Hall–Kier alpha value is -1.02. The third-order valence-electron chi connectivity index (χ3n) is 3.63. The highest BCUT2D eigenvalue weighted by Crippen LogP contribution is 2.32. The van der Waals surface area contributed by atoms with Gasteiger partial charge in [-0.15, -0.1) is 0 Å². The molecule has 1 nitrogen and oxygen atoms in total. The van der Waals surface area contributed by atoms with Crippen molar-refractivity contribution in [3.63, 3.8) is 0 Å². The molecule has 0 radical (unpaired) electrons. The van der Waals surface area contributed by atoms with Crippen LogP contribution in [0.3, 0.4) is 0 Å². The van der Waals surface area contributed by atoms with Gasteiger partial charge in [0.2, 0.25) is 0 Å². The zero-order valence-electron chi connectivity index (χ0n) is 12.0. The average Bonchev–Trinajstić information content (AvgIpc) is 2.33. The third-order valence-corrected chi connectivity index (χ3v) is 4.29. The van der Waals surface area contributed by atoms with Crippen molar-refractivity contribution in [2.75, 3.05) is 0 Å². The van der Waals surface area contributed by atoms with E-state index in [1.807, 2.05) is 18.2 Å². The summed E-state index contributed by atoms with van der Waals surface area (Å²) in [7, 11) is 0. The predicted molar refractivity (Wildman–Crippen MR) is 87.7 cm³/mol. The molecule has 0 amide bonds. The summed E-state index contributed by atoms with van der Waals surface area (Å²) in [6.45, 7) is 6.35. The molecule has 2 N–H and O–H groups in total. The maximum absolute atomic E-state index is 6.34. The maximum atomic E-state index is 6.34. The van der Waals surface area contributed by atoms with Crippen LogP contribution in [0.1, 0.15) is 33.9 Å². The van der Waals surface area contributed by atoms with Crippen molar-refractivity contribution in [1.82, 2.24) is 0 Å². The molecule has 0 saturated carbocycles. The molecule has 0 heterocycles. The van der Waals surface area contributed by atoms with Crippen LogP contribution in [-0.2, 0) is 6.42 Å². The lowest BCUT2D eigenvalue weighted by Gasteiger charge is -2.19. The predicted octanol–water partition coefficient (Wildman–Crippen LogP) is 5.16. The van der Waals surface area contributed by atoms with Crippen LogP contribution in [0.25, 0.3) is 0 Å². The Bertz CT molecular complexity index is 592. The van der Waals surface area contributed by atoms with Crippen LogP contribution in [0.4, 0.5) is 0 Å². The average molecular weight is 308 g/mol. The number of halogens is 2. The molecule has 2 aromatic rings. The molecule has 0 bridgehead atoms. The van der Waals surface area contributed by atoms with Crippen LogP contribution in [0.2, 0.25) is 10.0 Å².